The third kappa shape index (κ3) is 2.31. The molecule has 1 N–H and O–H groups in total. The Morgan fingerprint density at radius 1 is 1.53 bits per heavy atom. The van der Waals surface area contributed by atoms with E-state index in [2.05, 4.69) is 4.37 Å². The molecule has 0 bridgehead atoms. The maximum absolute atomic E-state index is 12.2. The summed E-state index contributed by atoms with van der Waals surface area (Å²) < 4.78 is 4.05. The molecule has 1 saturated heterocycles. The highest BCUT2D eigenvalue weighted by molar-refractivity contribution is 7.03. The molecule has 0 aliphatic carbocycles. The summed E-state index contributed by atoms with van der Waals surface area (Å²) in [6.45, 7) is 2.29. The van der Waals surface area contributed by atoms with E-state index in [-0.39, 0.29) is 5.91 Å². The Kier molecular flexibility index (Phi) is 3.42. The monoisotopic (exact) mass is 254 g/mol. The van der Waals surface area contributed by atoms with Crippen LogP contribution < -0.4 is 0 Å². The Hall–Kier alpha value is -1.43. The Morgan fingerprint density at radius 3 is 2.88 bits per heavy atom. The molecule has 1 aliphatic heterocycles. The van der Waals surface area contributed by atoms with Crippen molar-refractivity contribution in [2.24, 2.45) is 0 Å². The maximum atomic E-state index is 12.2. The second-order valence-corrected chi connectivity index (χ2v) is 4.79. The molecule has 1 atom stereocenters. The van der Waals surface area contributed by atoms with Gasteiger partial charge in [-0.3, -0.25) is 4.79 Å². The average molecular weight is 254 g/mol. The van der Waals surface area contributed by atoms with Crippen LogP contribution in [0.4, 0.5) is 0 Å². The van der Waals surface area contributed by atoms with E-state index >= 15 is 0 Å². The van der Waals surface area contributed by atoms with Crippen molar-refractivity contribution in [3.05, 3.63) is 16.6 Å². The Labute approximate surface area is 103 Å². The fraction of sp³-hybridized carbons (Fsp3) is 0.545. The zero-order valence-corrected chi connectivity index (χ0v) is 10.4. The summed E-state index contributed by atoms with van der Waals surface area (Å²) in [7, 11) is 0. The topological polar surface area (TPSA) is 70.5 Å². The molecule has 6 heteroatoms. The minimum Gasteiger partial charge on any atom is -0.480 e. The predicted octanol–water partition coefficient (Wildman–Crippen LogP) is 1.53. The van der Waals surface area contributed by atoms with E-state index in [0.717, 1.165) is 12.8 Å². The highest BCUT2D eigenvalue weighted by Gasteiger charge is 2.33. The number of carboxylic acid groups (broad SMARTS) is 1. The smallest absolute Gasteiger partial charge is 0.326 e. The second-order valence-electron chi connectivity index (χ2n) is 4.16. The quantitative estimate of drug-likeness (QED) is 0.869. The van der Waals surface area contributed by atoms with Gasteiger partial charge in [-0.15, -0.1) is 0 Å². The number of likely N-dealkylation sites (tertiary alicyclic amines) is 1. The van der Waals surface area contributed by atoms with Gasteiger partial charge in [-0.1, -0.05) is 0 Å². The van der Waals surface area contributed by atoms with Gasteiger partial charge >= 0.3 is 5.97 Å². The lowest BCUT2D eigenvalue weighted by atomic mass is 10.0. The molecule has 0 saturated carbocycles. The molecule has 2 rings (SSSR count). The van der Waals surface area contributed by atoms with E-state index < -0.39 is 12.0 Å². The highest BCUT2D eigenvalue weighted by atomic mass is 32.1. The van der Waals surface area contributed by atoms with Crippen molar-refractivity contribution in [3.8, 4) is 0 Å². The number of aryl methyl sites for hydroxylation is 1. The second kappa shape index (κ2) is 4.83. The summed E-state index contributed by atoms with van der Waals surface area (Å²) >= 11 is 1.22. The van der Waals surface area contributed by atoms with Crippen molar-refractivity contribution in [2.45, 2.75) is 32.2 Å². The van der Waals surface area contributed by atoms with Gasteiger partial charge in [0, 0.05) is 11.9 Å². The zero-order valence-electron chi connectivity index (χ0n) is 9.55. The van der Waals surface area contributed by atoms with Crippen LogP contribution in [0.1, 0.15) is 35.3 Å². The molecular formula is C11H14N2O3S. The fourth-order valence-corrected chi connectivity index (χ4v) is 2.77. The fourth-order valence-electron chi connectivity index (χ4n) is 2.08. The van der Waals surface area contributed by atoms with Gasteiger partial charge < -0.3 is 10.0 Å². The molecular weight excluding hydrogens is 240 g/mol. The summed E-state index contributed by atoms with van der Waals surface area (Å²) in [4.78, 5) is 24.8. The van der Waals surface area contributed by atoms with E-state index in [9.17, 15) is 9.59 Å². The normalized spacial score (nSPS) is 20.3. The average Bonchev–Trinajstić information content (AvgIpc) is 2.74. The summed E-state index contributed by atoms with van der Waals surface area (Å²) in [5.41, 5.74) is 1.21. The lowest BCUT2D eigenvalue weighted by Crippen LogP contribution is -2.48. The number of hydrogen-bond acceptors (Lipinski definition) is 4. The highest BCUT2D eigenvalue weighted by Crippen LogP contribution is 2.21. The summed E-state index contributed by atoms with van der Waals surface area (Å²) in [5.74, 6) is -1.12. The van der Waals surface area contributed by atoms with E-state index in [1.54, 1.807) is 12.3 Å². The number of aliphatic carboxylic acids is 1. The van der Waals surface area contributed by atoms with Crippen molar-refractivity contribution in [1.82, 2.24) is 9.27 Å². The summed E-state index contributed by atoms with van der Waals surface area (Å²) in [6.07, 6.45) is 2.27. The third-order valence-electron chi connectivity index (χ3n) is 3.03. The van der Waals surface area contributed by atoms with Gasteiger partial charge in [0.2, 0.25) is 0 Å². The van der Waals surface area contributed by atoms with Crippen LogP contribution in [0.2, 0.25) is 0 Å². The molecule has 92 valence electrons. The van der Waals surface area contributed by atoms with Gasteiger partial charge in [-0.2, -0.15) is 4.37 Å². The number of carbonyl (C=O) groups is 2. The molecule has 1 fully saturated rings. The van der Waals surface area contributed by atoms with Crippen LogP contribution in [0, 0.1) is 6.92 Å². The van der Waals surface area contributed by atoms with Gasteiger partial charge in [-0.25, -0.2) is 4.79 Å². The van der Waals surface area contributed by atoms with E-state index in [1.807, 2.05) is 0 Å². The van der Waals surface area contributed by atoms with E-state index in [1.165, 1.54) is 16.4 Å². The standard InChI is InChI=1S/C11H14N2O3S/c1-7-8(6-17-12-7)10(14)13-5-3-2-4-9(13)11(15)16/h6,9H,2-5H2,1H3,(H,15,16). The Morgan fingerprint density at radius 2 is 2.29 bits per heavy atom. The molecule has 1 aliphatic rings. The zero-order chi connectivity index (χ0) is 12.4. The lowest BCUT2D eigenvalue weighted by Gasteiger charge is -2.32. The maximum Gasteiger partial charge on any atom is 0.326 e. The van der Waals surface area contributed by atoms with E-state index in [4.69, 9.17) is 5.11 Å². The van der Waals surface area contributed by atoms with Crippen LogP contribution in [0.25, 0.3) is 0 Å². The van der Waals surface area contributed by atoms with Crippen molar-refractivity contribution in [2.75, 3.05) is 6.54 Å². The minimum atomic E-state index is -0.918. The molecule has 5 nitrogen and oxygen atoms in total. The minimum absolute atomic E-state index is 0.205. The van der Waals surface area contributed by atoms with Crippen LogP contribution in [0.3, 0.4) is 0 Å². The van der Waals surface area contributed by atoms with Crippen LogP contribution in [0.15, 0.2) is 5.38 Å². The lowest BCUT2D eigenvalue weighted by molar-refractivity contribution is -0.143. The van der Waals surface area contributed by atoms with Gasteiger partial charge in [0.25, 0.3) is 5.91 Å². The first kappa shape index (κ1) is 12.0. The summed E-state index contributed by atoms with van der Waals surface area (Å²) in [6, 6.07) is -0.685. The van der Waals surface area contributed by atoms with Crippen molar-refractivity contribution >= 4 is 23.4 Å². The first-order valence-electron chi connectivity index (χ1n) is 5.56. The first-order valence-corrected chi connectivity index (χ1v) is 6.39. The van der Waals surface area contributed by atoms with Gasteiger partial charge in [0.15, 0.2) is 0 Å². The number of aromatic nitrogens is 1. The predicted molar refractivity (Wildman–Crippen MR) is 63.2 cm³/mol. The molecule has 1 aromatic rings. The molecule has 0 radical (unpaired) electrons. The largest absolute Gasteiger partial charge is 0.480 e. The number of rotatable bonds is 2. The number of carboxylic acids is 1. The molecule has 1 amide bonds. The number of amides is 1. The summed E-state index contributed by atoms with van der Waals surface area (Å²) in [5, 5.41) is 10.8. The van der Waals surface area contributed by atoms with E-state index in [0.29, 0.717) is 24.2 Å². The van der Waals surface area contributed by atoms with Crippen LogP contribution >= 0.6 is 11.5 Å². The van der Waals surface area contributed by atoms with Crippen molar-refractivity contribution in [3.63, 3.8) is 0 Å². The Bertz CT molecular complexity index is 444. The van der Waals surface area contributed by atoms with Gasteiger partial charge in [0.1, 0.15) is 6.04 Å². The van der Waals surface area contributed by atoms with Gasteiger partial charge in [-0.05, 0) is 37.7 Å². The van der Waals surface area contributed by atoms with Crippen LogP contribution in [0.5, 0.6) is 0 Å². The third-order valence-corrected chi connectivity index (χ3v) is 3.75. The molecule has 1 aromatic heterocycles. The Balaban J connectivity index is 2.23. The SMILES string of the molecule is Cc1nscc1C(=O)N1CCCCC1C(=O)O. The number of carbonyl (C=O) groups excluding carboxylic acids is 1. The number of piperidine rings is 1. The van der Waals surface area contributed by atoms with Gasteiger partial charge in [0.05, 0.1) is 11.3 Å². The van der Waals surface area contributed by atoms with Crippen LogP contribution in [-0.4, -0.2) is 38.8 Å². The van der Waals surface area contributed by atoms with Crippen molar-refractivity contribution in [1.29, 1.82) is 0 Å². The molecule has 0 spiro atoms. The van der Waals surface area contributed by atoms with Crippen LogP contribution in [-0.2, 0) is 4.79 Å². The molecule has 1 unspecified atom stereocenters. The molecule has 17 heavy (non-hydrogen) atoms. The van der Waals surface area contributed by atoms with Crippen molar-refractivity contribution < 1.29 is 14.7 Å². The molecule has 2 heterocycles. The first-order chi connectivity index (χ1) is 8.11. The molecule has 0 aromatic carbocycles. The number of hydrogen-bond donors (Lipinski definition) is 1. The number of nitrogens with zero attached hydrogens (tertiary/aromatic N) is 2.